The van der Waals surface area contributed by atoms with E-state index in [1.54, 1.807) is 0 Å². The van der Waals surface area contributed by atoms with Gasteiger partial charge in [0.25, 0.3) is 0 Å². The van der Waals surface area contributed by atoms with E-state index >= 15 is 0 Å². The Hall–Kier alpha value is -1.43. The van der Waals surface area contributed by atoms with Crippen LogP contribution in [0.15, 0.2) is 24.3 Å². The van der Waals surface area contributed by atoms with Crippen molar-refractivity contribution in [3.8, 4) is 0 Å². The fourth-order valence-corrected chi connectivity index (χ4v) is 4.12. The predicted molar refractivity (Wildman–Crippen MR) is 102 cm³/mol. The first-order valence-electron chi connectivity index (χ1n) is 9.97. The first kappa shape index (κ1) is 19.3. The topological polar surface area (TPSA) is 61.8 Å². The highest BCUT2D eigenvalue weighted by Crippen LogP contribution is 2.25. The quantitative estimate of drug-likeness (QED) is 0.818. The summed E-state index contributed by atoms with van der Waals surface area (Å²) in [7, 11) is 0. The van der Waals surface area contributed by atoms with Crippen molar-refractivity contribution in [3.63, 3.8) is 0 Å². The summed E-state index contributed by atoms with van der Waals surface area (Å²) in [5, 5.41) is 12.6. The van der Waals surface area contributed by atoms with Crippen molar-refractivity contribution in [3.05, 3.63) is 35.4 Å². The van der Waals surface area contributed by atoms with Gasteiger partial charge in [0.2, 0.25) is 5.91 Å². The number of carbonyl (C=O) groups excluding carboxylic acids is 1. The molecule has 1 aromatic rings. The Balaban J connectivity index is 1.52. The van der Waals surface area contributed by atoms with Gasteiger partial charge in [-0.2, -0.15) is 0 Å². The summed E-state index contributed by atoms with van der Waals surface area (Å²) in [6.45, 7) is 5.85. The van der Waals surface area contributed by atoms with Gasteiger partial charge in [0.05, 0.1) is 6.04 Å². The van der Waals surface area contributed by atoms with Crippen LogP contribution in [0.5, 0.6) is 0 Å². The molecule has 1 atom stereocenters. The lowest BCUT2D eigenvalue weighted by Gasteiger charge is -2.39. The normalized spacial score (nSPS) is 21.5. The fraction of sp³-hybridized carbons (Fsp3) is 0.667. The van der Waals surface area contributed by atoms with E-state index in [9.17, 15) is 9.90 Å². The second-order valence-corrected chi connectivity index (χ2v) is 7.64. The third-order valence-electron chi connectivity index (χ3n) is 5.82. The highest BCUT2D eigenvalue weighted by Gasteiger charge is 2.30. The van der Waals surface area contributed by atoms with E-state index in [-0.39, 0.29) is 24.5 Å². The Kier molecular flexibility index (Phi) is 7.06. The number of ether oxygens (including phenoxy) is 1. The molecule has 0 saturated carbocycles. The molecule has 3 rings (SSSR count). The van der Waals surface area contributed by atoms with Crippen LogP contribution in [-0.4, -0.2) is 54.9 Å². The maximum Gasteiger partial charge on any atom is 0.223 e. The average Bonchev–Trinajstić information content (AvgIpc) is 2.69. The number of aryl methyl sites for hydroxylation is 1. The summed E-state index contributed by atoms with van der Waals surface area (Å²) in [6.07, 6.45) is 4.62. The Bertz CT molecular complexity index is 561. The molecule has 1 amide bonds. The van der Waals surface area contributed by atoms with Crippen LogP contribution in [0, 0.1) is 12.8 Å². The van der Waals surface area contributed by atoms with E-state index in [1.807, 2.05) is 12.1 Å². The molecule has 0 radical (unpaired) electrons. The summed E-state index contributed by atoms with van der Waals surface area (Å²) < 4.78 is 5.45. The zero-order chi connectivity index (χ0) is 18.4. The molecule has 144 valence electrons. The van der Waals surface area contributed by atoms with Crippen LogP contribution in [0.3, 0.4) is 0 Å². The van der Waals surface area contributed by atoms with Crippen molar-refractivity contribution in [2.45, 2.75) is 51.1 Å². The summed E-state index contributed by atoms with van der Waals surface area (Å²) in [6, 6.07) is 8.72. The first-order valence-corrected chi connectivity index (χ1v) is 9.97. The SMILES string of the molecule is Cc1ccc([C@@H](CCO)NC(=O)C2CCN(C3CCOCC3)CC2)cc1. The Morgan fingerprint density at radius 1 is 1.19 bits per heavy atom. The number of aliphatic hydroxyl groups is 1. The third-order valence-corrected chi connectivity index (χ3v) is 5.82. The molecule has 2 N–H and O–H groups in total. The summed E-state index contributed by atoms with van der Waals surface area (Å²) >= 11 is 0. The number of likely N-dealkylation sites (tertiary alicyclic amines) is 1. The monoisotopic (exact) mass is 360 g/mol. The highest BCUT2D eigenvalue weighted by molar-refractivity contribution is 5.79. The number of rotatable bonds is 6. The first-order chi connectivity index (χ1) is 12.7. The van der Waals surface area contributed by atoms with Crippen molar-refractivity contribution in [1.82, 2.24) is 10.2 Å². The minimum absolute atomic E-state index is 0.0705. The van der Waals surface area contributed by atoms with Gasteiger partial charge in [-0.05, 0) is 57.7 Å². The van der Waals surface area contributed by atoms with Gasteiger partial charge in [0.15, 0.2) is 0 Å². The fourth-order valence-electron chi connectivity index (χ4n) is 4.12. The molecule has 26 heavy (non-hydrogen) atoms. The van der Waals surface area contributed by atoms with E-state index in [4.69, 9.17) is 4.74 Å². The van der Waals surface area contributed by atoms with E-state index in [0.717, 1.165) is 57.6 Å². The molecule has 0 aliphatic carbocycles. The van der Waals surface area contributed by atoms with Crippen LogP contribution in [0.1, 0.15) is 49.3 Å². The number of nitrogens with one attached hydrogen (secondary N) is 1. The third kappa shape index (κ3) is 5.06. The van der Waals surface area contributed by atoms with Gasteiger partial charge >= 0.3 is 0 Å². The zero-order valence-corrected chi connectivity index (χ0v) is 15.8. The van der Waals surface area contributed by atoms with Crippen molar-refractivity contribution in [2.24, 2.45) is 5.92 Å². The van der Waals surface area contributed by atoms with Crippen LogP contribution in [0.2, 0.25) is 0 Å². The van der Waals surface area contributed by atoms with Crippen molar-refractivity contribution >= 4 is 5.91 Å². The van der Waals surface area contributed by atoms with Crippen molar-refractivity contribution < 1.29 is 14.6 Å². The highest BCUT2D eigenvalue weighted by atomic mass is 16.5. The van der Waals surface area contributed by atoms with Gasteiger partial charge in [-0.3, -0.25) is 4.79 Å². The Labute approximate surface area is 156 Å². The van der Waals surface area contributed by atoms with Gasteiger partial charge in [-0.15, -0.1) is 0 Å². The minimum Gasteiger partial charge on any atom is -0.396 e. The smallest absolute Gasteiger partial charge is 0.223 e. The maximum absolute atomic E-state index is 12.8. The van der Waals surface area contributed by atoms with Crippen molar-refractivity contribution in [1.29, 1.82) is 0 Å². The molecule has 2 aliphatic rings. The summed E-state index contributed by atoms with van der Waals surface area (Å²) in [5.41, 5.74) is 2.26. The van der Waals surface area contributed by atoms with Gasteiger partial charge in [0, 0.05) is 31.8 Å². The summed E-state index contributed by atoms with van der Waals surface area (Å²) in [5.74, 6) is 0.216. The predicted octanol–water partition coefficient (Wildman–Crippen LogP) is 2.43. The average molecular weight is 360 g/mol. The zero-order valence-electron chi connectivity index (χ0n) is 15.8. The molecule has 2 saturated heterocycles. The molecule has 1 aromatic carbocycles. The van der Waals surface area contributed by atoms with Crippen LogP contribution < -0.4 is 5.32 Å². The number of hydrogen-bond acceptors (Lipinski definition) is 4. The van der Waals surface area contributed by atoms with Gasteiger partial charge in [-0.1, -0.05) is 29.8 Å². The van der Waals surface area contributed by atoms with Crippen LogP contribution in [-0.2, 0) is 9.53 Å². The molecular formula is C21H32N2O3. The Morgan fingerprint density at radius 3 is 2.46 bits per heavy atom. The number of amides is 1. The number of carbonyl (C=O) groups is 1. The lowest BCUT2D eigenvalue weighted by atomic mass is 9.92. The number of benzene rings is 1. The van der Waals surface area contributed by atoms with Gasteiger partial charge < -0.3 is 20.1 Å². The largest absolute Gasteiger partial charge is 0.396 e. The molecule has 2 fully saturated rings. The number of hydrogen-bond donors (Lipinski definition) is 2. The molecule has 0 aromatic heterocycles. The Morgan fingerprint density at radius 2 is 1.85 bits per heavy atom. The standard InChI is InChI=1S/C21H32N2O3/c1-16-2-4-17(5-3-16)20(8-13-24)22-21(25)18-6-11-23(12-7-18)19-9-14-26-15-10-19/h2-5,18-20,24H,6-15H2,1H3,(H,22,25)/t20-/m1/s1. The second-order valence-electron chi connectivity index (χ2n) is 7.64. The van der Waals surface area contributed by atoms with E-state index in [0.29, 0.717) is 12.5 Å². The number of piperidine rings is 1. The minimum atomic E-state index is -0.110. The van der Waals surface area contributed by atoms with Crippen LogP contribution in [0.4, 0.5) is 0 Å². The molecule has 2 aliphatic heterocycles. The van der Waals surface area contributed by atoms with Gasteiger partial charge in [-0.25, -0.2) is 0 Å². The lowest BCUT2D eigenvalue weighted by Crippen LogP contribution is -2.47. The summed E-state index contributed by atoms with van der Waals surface area (Å²) in [4.78, 5) is 15.3. The van der Waals surface area contributed by atoms with Crippen molar-refractivity contribution in [2.75, 3.05) is 32.9 Å². The van der Waals surface area contributed by atoms with Gasteiger partial charge in [0.1, 0.15) is 0 Å². The van der Waals surface area contributed by atoms with E-state index in [2.05, 4.69) is 29.3 Å². The lowest BCUT2D eigenvalue weighted by molar-refractivity contribution is -0.127. The molecular weight excluding hydrogens is 328 g/mol. The molecule has 5 heteroatoms. The molecule has 0 unspecified atom stereocenters. The van der Waals surface area contributed by atoms with Crippen LogP contribution in [0.25, 0.3) is 0 Å². The number of aliphatic hydroxyl groups excluding tert-OH is 1. The number of nitrogens with zero attached hydrogens (tertiary/aromatic N) is 1. The molecule has 5 nitrogen and oxygen atoms in total. The second kappa shape index (κ2) is 9.49. The maximum atomic E-state index is 12.8. The molecule has 0 spiro atoms. The van der Waals surface area contributed by atoms with E-state index in [1.165, 1.54) is 5.56 Å². The molecule has 2 heterocycles. The van der Waals surface area contributed by atoms with E-state index < -0.39 is 0 Å². The molecule has 0 bridgehead atoms. The van der Waals surface area contributed by atoms with Crippen LogP contribution >= 0.6 is 0 Å².